The van der Waals surface area contributed by atoms with E-state index in [1.807, 2.05) is 12.1 Å². The summed E-state index contributed by atoms with van der Waals surface area (Å²) in [6.45, 7) is 6.28. The van der Waals surface area contributed by atoms with Crippen LogP contribution in [0.2, 0.25) is 0 Å². The van der Waals surface area contributed by atoms with E-state index in [0.717, 1.165) is 27.8 Å². The minimum atomic E-state index is -0.329. The van der Waals surface area contributed by atoms with Crippen LogP contribution in [0.4, 0.5) is 0 Å². The lowest BCUT2D eigenvalue weighted by Gasteiger charge is -2.13. The van der Waals surface area contributed by atoms with Gasteiger partial charge in [0.15, 0.2) is 0 Å². The molecule has 0 radical (unpaired) electrons. The second kappa shape index (κ2) is 9.09. The highest BCUT2D eigenvalue weighted by Crippen LogP contribution is 2.24. The van der Waals surface area contributed by atoms with Crippen LogP contribution in [0.25, 0.3) is 5.69 Å². The third-order valence-corrected chi connectivity index (χ3v) is 5.35. The van der Waals surface area contributed by atoms with Gasteiger partial charge in [-0.1, -0.05) is 41.1 Å². The standard InChI is InChI=1S/C23H24BrN3O2/c1-5-17-8-6-7-9-21(17)27-15(2)12-18(16(27)3)14-25-26-23(28)20-13-19(24)10-11-22(20)29-4/h6-14H,5H2,1-4H3,(H,26,28)/b25-14-. The number of nitrogens with zero attached hydrogens (tertiary/aromatic N) is 2. The van der Waals surface area contributed by atoms with Crippen molar-refractivity contribution in [2.75, 3.05) is 7.11 Å². The van der Waals surface area contributed by atoms with Crippen LogP contribution < -0.4 is 10.2 Å². The SMILES string of the molecule is CCc1ccccc1-n1c(C)cc(/C=N\NC(=O)c2cc(Br)ccc2OC)c1C. The van der Waals surface area contributed by atoms with Crippen LogP contribution in [0.15, 0.2) is 58.1 Å². The van der Waals surface area contributed by atoms with Crippen molar-refractivity contribution in [2.24, 2.45) is 5.10 Å². The number of para-hydroxylation sites is 1. The van der Waals surface area contributed by atoms with Crippen LogP contribution in [0.1, 0.15) is 39.8 Å². The van der Waals surface area contributed by atoms with Gasteiger partial charge in [-0.3, -0.25) is 4.79 Å². The first-order valence-corrected chi connectivity index (χ1v) is 10.2. The Morgan fingerprint density at radius 2 is 1.97 bits per heavy atom. The number of benzene rings is 2. The number of nitrogens with one attached hydrogen (secondary N) is 1. The number of ether oxygens (including phenoxy) is 1. The topological polar surface area (TPSA) is 55.6 Å². The van der Waals surface area contributed by atoms with Gasteiger partial charge in [0, 0.05) is 27.1 Å². The number of hydrogen-bond donors (Lipinski definition) is 1. The average molecular weight is 454 g/mol. The molecule has 150 valence electrons. The molecule has 0 fully saturated rings. The Labute approximate surface area is 179 Å². The predicted molar refractivity (Wildman–Crippen MR) is 120 cm³/mol. The van der Waals surface area contributed by atoms with E-state index < -0.39 is 0 Å². The first kappa shape index (κ1) is 20.9. The fraction of sp³-hybridized carbons (Fsp3) is 0.217. The molecule has 0 spiro atoms. The zero-order chi connectivity index (χ0) is 21.0. The summed E-state index contributed by atoms with van der Waals surface area (Å²) < 4.78 is 8.28. The molecule has 3 rings (SSSR count). The van der Waals surface area contributed by atoms with Crippen LogP contribution in [0.5, 0.6) is 5.75 Å². The summed E-state index contributed by atoms with van der Waals surface area (Å²) in [5, 5.41) is 4.17. The zero-order valence-electron chi connectivity index (χ0n) is 17.0. The van der Waals surface area contributed by atoms with Gasteiger partial charge in [-0.15, -0.1) is 0 Å². The van der Waals surface area contributed by atoms with E-state index in [9.17, 15) is 4.79 Å². The molecule has 0 saturated carbocycles. The first-order valence-electron chi connectivity index (χ1n) is 9.40. The number of halogens is 1. The molecule has 0 unspecified atom stereocenters. The van der Waals surface area contributed by atoms with Crippen molar-refractivity contribution in [2.45, 2.75) is 27.2 Å². The highest BCUT2D eigenvalue weighted by molar-refractivity contribution is 9.10. The molecular weight excluding hydrogens is 430 g/mol. The molecule has 1 heterocycles. The minimum Gasteiger partial charge on any atom is -0.496 e. The maximum Gasteiger partial charge on any atom is 0.275 e. The molecule has 3 aromatic rings. The molecule has 6 heteroatoms. The Hall–Kier alpha value is -2.86. The number of amides is 1. The molecule has 0 aliphatic heterocycles. The normalized spacial score (nSPS) is 11.1. The third-order valence-electron chi connectivity index (χ3n) is 4.86. The van der Waals surface area contributed by atoms with Gasteiger partial charge in [-0.25, -0.2) is 5.43 Å². The maximum atomic E-state index is 12.5. The minimum absolute atomic E-state index is 0.329. The maximum absolute atomic E-state index is 12.5. The van der Waals surface area contributed by atoms with E-state index in [4.69, 9.17) is 4.74 Å². The molecule has 0 aliphatic rings. The summed E-state index contributed by atoms with van der Waals surface area (Å²) >= 11 is 3.38. The van der Waals surface area contributed by atoms with Gasteiger partial charge in [0.1, 0.15) is 5.75 Å². The van der Waals surface area contributed by atoms with E-state index >= 15 is 0 Å². The summed E-state index contributed by atoms with van der Waals surface area (Å²) in [5.41, 5.74) is 8.60. The number of carbonyl (C=O) groups excluding carboxylic acids is 1. The number of carbonyl (C=O) groups is 1. The van der Waals surface area contributed by atoms with Gasteiger partial charge < -0.3 is 9.30 Å². The fourth-order valence-corrected chi connectivity index (χ4v) is 3.76. The second-order valence-electron chi connectivity index (χ2n) is 6.69. The molecule has 1 aromatic heterocycles. The predicted octanol–water partition coefficient (Wildman–Crippen LogP) is 5.19. The van der Waals surface area contributed by atoms with E-state index in [-0.39, 0.29) is 5.91 Å². The van der Waals surface area contributed by atoms with Crippen molar-refractivity contribution in [1.29, 1.82) is 0 Å². The lowest BCUT2D eigenvalue weighted by molar-refractivity contribution is 0.0952. The summed E-state index contributed by atoms with van der Waals surface area (Å²) in [6.07, 6.45) is 2.64. The molecular formula is C23H24BrN3O2. The lowest BCUT2D eigenvalue weighted by Crippen LogP contribution is -2.18. The molecule has 1 amide bonds. The highest BCUT2D eigenvalue weighted by Gasteiger charge is 2.14. The number of hydrazone groups is 1. The first-order chi connectivity index (χ1) is 14.0. The summed E-state index contributed by atoms with van der Waals surface area (Å²) in [6, 6.07) is 15.7. The van der Waals surface area contributed by atoms with E-state index in [2.05, 4.69) is 76.1 Å². The Morgan fingerprint density at radius 1 is 1.21 bits per heavy atom. The summed E-state index contributed by atoms with van der Waals surface area (Å²) in [7, 11) is 1.53. The van der Waals surface area contributed by atoms with Crippen molar-refractivity contribution >= 4 is 28.1 Å². The molecule has 2 aromatic carbocycles. The van der Waals surface area contributed by atoms with E-state index in [1.54, 1.807) is 18.3 Å². The van der Waals surface area contributed by atoms with Gasteiger partial charge in [0.25, 0.3) is 5.91 Å². The summed E-state index contributed by atoms with van der Waals surface area (Å²) in [4.78, 5) is 12.5. The van der Waals surface area contributed by atoms with Gasteiger partial charge in [-0.2, -0.15) is 5.10 Å². The lowest BCUT2D eigenvalue weighted by atomic mass is 10.1. The highest BCUT2D eigenvalue weighted by atomic mass is 79.9. The molecule has 0 saturated heterocycles. The number of hydrogen-bond acceptors (Lipinski definition) is 3. The van der Waals surface area contributed by atoms with Gasteiger partial charge in [-0.05, 0) is 56.2 Å². The van der Waals surface area contributed by atoms with Gasteiger partial charge >= 0.3 is 0 Å². The number of methoxy groups -OCH3 is 1. The van der Waals surface area contributed by atoms with Crippen LogP contribution in [-0.4, -0.2) is 23.8 Å². The summed E-state index contributed by atoms with van der Waals surface area (Å²) in [5.74, 6) is 0.166. The van der Waals surface area contributed by atoms with Crippen molar-refractivity contribution in [3.63, 3.8) is 0 Å². The number of aromatic nitrogens is 1. The smallest absolute Gasteiger partial charge is 0.275 e. The molecule has 1 N–H and O–H groups in total. The van der Waals surface area contributed by atoms with Crippen molar-refractivity contribution in [3.05, 3.63) is 81.1 Å². The molecule has 0 bridgehead atoms. The third kappa shape index (κ3) is 4.43. The number of aryl methyl sites for hydroxylation is 2. The number of rotatable bonds is 6. The van der Waals surface area contributed by atoms with Crippen LogP contribution >= 0.6 is 15.9 Å². The Bertz CT molecular complexity index is 1070. The molecule has 0 aliphatic carbocycles. The average Bonchev–Trinajstić information content (AvgIpc) is 3.00. The van der Waals surface area contributed by atoms with Crippen LogP contribution in [0, 0.1) is 13.8 Å². The quantitative estimate of drug-likeness (QED) is 0.412. The Morgan fingerprint density at radius 3 is 2.69 bits per heavy atom. The fourth-order valence-electron chi connectivity index (χ4n) is 3.40. The van der Waals surface area contributed by atoms with Crippen molar-refractivity contribution in [3.8, 4) is 11.4 Å². The second-order valence-corrected chi connectivity index (χ2v) is 7.60. The van der Waals surface area contributed by atoms with Crippen LogP contribution in [-0.2, 0) is 6.42 Å². The molecule has 29 heavy (non-hydrogen) atoms. The van der Waals surface area contributed by atoms with E-state index in [1.165, 1.54) is 18.4 Å². The Kier molecular flexibility index (Phi) is 6.54. The van der Waals surface area contributed by atoms with Crippen molar-refractivity contribution < 1.29 is 9.53 Å². The van der Waals surface area contributed by atoms with E-state index in [0.29, 0.717) is 11.3 Å². The zero-order valence-corrected chi connectivity index (χ0v) is 18.6. The monoisotopic (exact) mass is 453 g/mol. The molecule has 0 atom stereocenters. The molecule has 5 nitrogen and oxygen atoms in total. The van der Waals surface area contributed by atoms with Crippen molar-refractivity contribution in [1.82, 2.24) is 9.99 Å². The van der Waals surface area contributed by atoms with Gasteiger partial charge in [0.05, 0.1) is 18.9 Å². The van der Waals surface area contributed by atoms with Gasteiger partial charge in [0.2, 0.25) is 0 Å². The largest absolute Gasteiger partial charge is 0.496 e. The Balaban J connectivity index is 1.84. The van der Waals surface area contributed by atoms with Crippen LogP contribution in [0.3, 0.4) is 0 Å².